The zero-order valence-electron chi connectivity index (χ0n) is 12.5. The van der Waals surface area contributed by atoms with E-state index in [1.807, 2.05) is 32.9 Å². The van der Waals surface area contributed by atoms with E-state index in [0.717, 1.165) is 23.7 Å². The van der Waals surface area contributed by atoms with E-state index in [9.17, 15) is 4.79 Å². The van der Waals surface area contributed by atoms with Crippen molar-refractivity contribution in [1.82, 2.24) is 5.32 Å². The van der Waals surface area contributed by atoms with Gasteiger partial charge >= 0.3 is 6.09 Å². The second-order valence-corrected chi connectivity index (χ2v) is 6.38. The minimum absolute atomic E-state index is 0.381. The molecule has 0 aromatic heterocycles. The Hall–Kier alpha value is -1.71. The lowest BCUT2D eigenvalue weighted by atomic mass is 10.2. The van der Waals surface area contributed by atoms with E-state index in [4.69, 9.17) is 4.74 Å². The van der Waals surface area contributed by atoms with Crippen LogP contribution in [0.2, 0.25) is 0 Å². The minimum atomic E-state index is -0.461. The maximum Gasteiger partial charge on any atom is 0.407 e. The van der Waals surface area contributed by atoms with Gasteiger partial charge in [-0.1, -0.05) is 12.1 Å². The molecule has 1 fully saturated rings. The summed E-state index contributed by atoms with van der Waals surface area (Å²) in [6, 6.07) is 8.13. The fourth-order valence-corrected chi connectivity index (χ4v) is 1.86. The molecule has 1 aromatic rings. The number of carbonyl (C=O) groups excluding carboxylic acids is 1. The van der Waals surface area contributed by atoms with Crippen molar-refractivity contribution >= 4 is 11.8 Å². The van der Waals surface area contributed by atoms with E-state index in [2.05, 4.69) is 22.8 Å². The molecule has 0 heterocycles. The third-order valence-electron chi connectivity index (χ3n) is 3.05. The molecule has 2 rings (SSSR count). The zero-order valence-corrected chi connectivity index (χ0v) is 12.5. The number of ether oxygens (including phenoxy) is 1. The van der Waals surface area contributed by atoms with Crippen LogP contribution in [0.25, 0.3) is 0 Å². The Morgan fingerprint density at radius 3 is 2.75 bits per heavy atom. The Balaban J connectivity index is 1.79. The highest BCUT2D eigenvalue weighted by Gasteiger charge is 2.20. The molecule has 2 N–H and O–H groups in total. The number of anilines is 1. The Kier molecular flexibility index (Phi) is 4.53. The molecule has 0 unspecified atom stereocenters. The molecule has 0 saturated heterocycles. The summed E-state index contributed by atoms with van der Waals surface area (Å²) >= 11 is 0. The number of hydrogen-bond acceptors (Lipinski definition) is 3. The highest BCUT2D eigenvalue weighted by atomic mass is 16.6. The number of nitrogens with one attached hydrogen (secondary N) is 2. The van der Waals surface area contributed by atoms with Crippen LogP contribution in [0, 0.1) is 5.92 Å². The van der Waals surface area contributed by atoms with Gasteiger partial charge in [-0.3, -0.25) is 0 Å². The van der Waals surface area contributed by atoms with Crippen molar-refractivity contribution in [3.05, 3.63) is 29.8 Å². The standard InChI is InChI=1S/C16H24N2O2/c1-16(2,3)20-15(19)18-11-13-5-4-6-14(9-13)17-10-12-7-8-12/h4-6,9,12,17H,7-8,10-11H2,1-3H3,(H,18,19). The van der Waals surface area contributed by atoms with Gasteiger partial charge < -0.3 is 15.4 Å². The van der Waals surface area contributed by atoms with Crippen molar-refractivity contribution in [1.29, 1.82) is 0 Å². The van der Waals surface area contributed by atoms with Gasteiger partial charge in [-0.25, -0.2) is 4.79 Å². The van der Waals surface area contributed by atoms with Crippen molar-refractivity contribution in [3.63, 3.8) is 0 Å². The van der Waals surface area contributed by atoms with E-state index in [1.54, 1.807) is 0 Å². The number of hydrogen-bond donors (Lipinski definition) is 2. The quantitative estimate of drug-likeness (QED) is 0.865. The van der Waals surface area contributed by atoms with Crippen molar-refractivity contribution < 1.29 is 9.53 Å². The van der Waals surface area contributed by atoms with Gasteiger partial charge in [0.05, 0.1) is 0 Å². The average molecular weight is 276 g/mol. The molecule has 0 atom stereocenters. The monoisotopic (exact) mass is 276 g/mol. The van der Waals surface area contributed by atoms with Crippen LogP contribution in [0.1, 0.15) is 39.2 Å². The number of benzene rings is 1. The molecule has 1 aliphatic rings. The number of amides is 1. The first kappa shape index (κ1) is 14.7. The van der Waals surface area contributed by atoms with Gasteiger partial charge in [0.2, 0.25) is 0 Å². The maximum atomic E-state index is 11.6. The smallest absolute Gasteiger partial charge is 0.407 e. The highest BCUT2D eigenvalue weighted by Crippen LogP contribution is 2.28. The van der Waals surface area contributed by atoms with Crippen molar-refractivity contribution in [2.45, 2.75) is 45.8 Å². The molecule has 1 aromatic carbocycles. The highest BCUT2D eigenvalue weighted by molar-refractivity contribution is 5.67. The van der Waals surface area contributed by atoms with Crippen LogP contribution in [-0.2, 0) is 11.3 Å². The van der Waals surface area contributed by atoms with Gasteiger partial charge in [0.15, 0.2) is 0 Å². The van der Waals surface area contributed by atoms with Crippen LogP contribution in [0.5, 0.6) is 0 Å². The van der Waals surface area contributed by atoms with E-state index in [-0.39, 0.29) is 6.09 Å². The maximum absolute atomic E-state index is 11.6. The molecule has 4 heteroatoms. The zero-order chi connectivity index (χ0) is 14.6. The molecule has 4 nitrogen and oxygen atoms in total. The number of alkyl carbamates (subject to hydrolysis) is 1. The summed E-state index contributed by atoms with van der Waals surface area (Å²) in [6.45, 7) is 7.09. The first-order chi connectivity index (χ1) is 9.42. The summed E-state index contributed by atoms with van der Waals surface area (Å²) in [7, 11) is 0. The topological polar surface area (TPSA) is 50.4 Å². The third-order valence-corrected chi connectivity index (χ3v) is 3.05. The van der Waals surface area contributed by atoms with Crippen LogP contribution in [0.4, 0.5) is 10.5 Å². The fraction of sp³-hybridized carbons (Fsp3) is 0.562. The summed E-state index contributed by atoms with van der Waals surface area (Å²) in [5.74, 6) is 0.846. The summed E-state index contributed by atoms with van der Waals surface area (Å²) in [5.41, 5.74) is 1.72. The first-order valence-corrected chi connectivity index (χ1v) is 7.22. The normalized spacial score (nSPS) is 14.8. The summed E-state index contributed by atoms with van der Waals surface area (Å²) in [6.07, 6.45) is 2.30. The lowest BCUT2D eigenvalue weighted by Crippen LogP contribution is -2.32. The molecule has 0 spiro atoms. The molecule has 1 saturated carbocycles. The van der Waals surface area contributed by atoms with Crippen molar-refractivity contribution in [2.75, 3.05) is 11.9 Å². The van der Waals surface area contributed by atoms with Crippen LogP contribution >= 0.6 is 0 Å². The molecule has 0 aliphatic heterocycles. The van der Waals surface area contributed by atoms with E-state index < -0.39 is 5.60 Å². The Morgan fingerprint density at radius 1 is 1.35 bits per heavy atom. The molecular weight excluding hydrogens is 252 g/mol. The predicted molar refractivity (Wildman–Crippen MR) is 80.7 cm³/mol. The lowest BCUT2D eigenvalue weighted by molar-refractivity contribution is 0.0523. The van der Waals surface area contributed by atoms with Crippen molar-refractivity contribution in [3.8, 4) is 0 Å². The van der Waals surface area contributed by atoms with Crippen molar-refractivity contribution in [2.24, 2.45) is 5.92 Å². The average Bonchev–Trinajstić information content (AvgIpc) is 3.16. The van der Waals surface area contributed by atoms with Gasteiger partial charge in [-0.15, -0.1) is 0 Å². The van der Waals surface area contributed by atoms with Crippen LogP contribution < -0.4 is 10.6 Å². The van der Waals surface area contributed by atoms with Crippen LogP contribution in [0.3, 0.4) is 0 Å². The summed E-state index contributed by atoms with van der Waals surface area (Å²) < 4.78 is 5.21. The SMILES string of the molecule is CC(C)(C)OC(=O)NCc1cccc(NCC2CC2)c1. The van der Waals surface area contributed by atoms with E-state index >= 15 is 0 Å². The van der Waals surface area contributed by atoms with Gasteiger partial charge in [0.25, 0.3) is 0 Å². The third kappa shape index (κ3) is 5.51. The van der Waals surface area contributed by atoms with Crippen LogP contribution in [-0.4, -0.2) is 18.2 Å². The number of carbonyl (C=O) groups is 1. The fourth-order valence-electron chi connectivity index (χ4n) is 1.86. The van der Waals surface area contributed by atoms with Gasteiger partial charge in [-0.2, -0.15) is 0 Å². The Labute approximate surface area is 120 Å². The lowest BCUT2D eigenvalue weighted by Gasteiger charge is -2.19. The predicted octanol–water partition coefficient (Wildman–Crippen LogP) is 3.53. The van der Waals surface area contributed by atoms with Gasteiger partial charge in [-0.05, 0) is 57.2 Å². The first-order valence-electron chi connectivity index (χ1n) is 7.22. The molecule has 0 bridgehead atoms. The van der Waals surface area contributed by atoms with E-state index in [1.165, 1.54) is 12.8 Å². The number of rotatable bonds is 5. The van der Waals surface area contributed by atoms with E-state index in [0.29, 0.717) is 6.54 Å². The second-order valence-electron chi connectivity index (χ2n) is 6.38. The molecule has 1 aliphatic carbocycles. The van der Waals surface area contributed by atoms with Gasteiger partial charge in [0, 0.05) is 18.8 Å². The largest absolute Gasteiger partial charge is 0.444 e. The Morgan fingerprint density at radius 2 is 2.10 bits per heavy atom. The molecule has 1 amide bonds. The minimum Gasteiger partial charge on any atom is -0.444 e. The second kappa shape index (κ2) is 6.16. The summed E-state index contributed by atoms with van der Waals surface area (Å²) in [5, 5.41) is 6.20. The molecule has 0 radical (unpaired) electrons. The van der Waals surface area contributed by atoms with Gasteiger partial charge in [0.1, 0.15) is 5.60 Å². The summed E-state index contributed by atoms with van der Waals surface area (Å²) in [4.78, 5) is 11.6. The molecule has 110 valence electrons. The van der Waals surface area contributed by atoms with Crippen LogP contribution in [0.15, 0.2) is 24.3 Å². The molecular formula is C16H24N2O2. The molecule has 20 heavy (non-hydrogen) atoms. The Bertz CT molecular complexity index is 462.